The predicted molar refractivity (Wildman–Crippen MR) is 82.0 cm³/mol. The number of carboxylic acid groups (broad SMARTS) is 1. The van der Waals surface area contributed by atoms with E-state index in [0.717, 1.165) is 5.56 Å². The molecule has 2 amide bonds. The molecule has 0 saturated carbocycles. The summed E-state index contributed by atoms with van der Waals surface area (Å²) in [4.78, 5) is 23.3. The van der Waals surface area contributed by atoms with Crippen LogP contribution in [0.5, 0.6) is 0 Å². The van der Waals surface area contributed by atoms with E-state index in [4.69, 9.17) is 0 Å². The van der Waals surface area contributed by atoms with E-state index in [1.165, 1.54) is 0 Å². The van der Waals surface area contributed by atoms with Crippen molar-refractivity contribution in [1.82, 2.24) is 10.6 Å². The summed E-state index contributed by atoms with van der Waals surface area (Å²) >= 11 is 0. The van der Waals surface area contributed by atoms with Crippen LogP contribution in [0.15, 0.2) is 30.3 Å². The molecular weight excluding hydrogens is 268 g/mol. The molecule has 0 fully saturated rings. The third kappa shape index (κ3) is 4.48. The Kier molecular flexibility index (Phi) is 6.21. The average molecular weight is 292 g/mol. The molecule has 1 aromatic rings. The van der Waals surface area contributed by atoms with Crippen molar-refractivity contribution >= 4 is 12.0 Å². The Morgan fingerprint density at radius 3 is 2.24 bits per heavy atom. The number of rotatable bonds is 7. The summed E-state index contributed by atoms with van der Waals surface area (Å²) < 4.78 is 0. The highest BCUT2D eigenvalue weighted by atomic mass is 16.4. The molecule has 0 aliphatic rings. The number of hydrogen-bond acceptors (Lipinski definition) is 2. The summed E-state index contributed by atoms with van der Waals surface area (Å²) in [6.45, 7) is 5.66. The van der Waals surface area contributed by atoms with Gasteiger partial charge in [-0.15, -0.1) is 0 Å². The van der Waals surface area contributed by atoms with Gasteiger partial charge in [0.25, 0.3) is 0 Å². The summed E-state index contributed by atoms with van der Waals surface area (Å²) in [5, 5.41) is 14.8. The topological polar surface area (TPSA) is 78.4 Å². The van der Waals surface area contributed by atoms with Crippen molar-refractivity contribution in [2.75, 3.05) is 6.54 Å². The summed E-state index contributed by atoms with van der Waals surface area (Å²) in [6, 6.07) is 9.13. The van der Waals surface area contributed by atoms with E-state index < -0.39 is 11.4 Å². The van der Waals surface area contributed by atoms with E-state index in [-0.39, 0.29) is 18.6 Å². The maximum atomic E-state index is 11.9. The van der Waals surface area contributed by atoms with Crippen molar-refractivity contribution in [3.8, 4) is 0 Å². The van der Waals surface area contributed by atoms with Crippen LogP contribution in [-0.2, 0) is 4.79 Å². The van der Waals surface area contributed by atoms with Crippen LogP contribution in [0.3, 0.4) is 0 Å². The van der Waals surface area contributed by atoms with Crippen LogP contribution >= 0.6 is 0 Å². The fraction of sp³-hybridized carbons (Fsp3) is 0.500. The van der Waals surface area contributed by atoms with E-state index in [0.29, 0.717) is 12.8 Å². The standard InChI is InChI=1S/C16H24N2O3/c1-4-16(5-2,14(19)20)11-17-15(21)18-12(3)13-9-7-6-8-10-13/h6-10,12H,4-5,11H2,1-3H3,(H,19,20)(H2,17,18,21). The van der Waals surface area contributed by atoms with Gasteiger partial charge in [0.15, 0.2) is 0 Å². The molecule has 5 heteroatoms. The molecule has 1 unspecified atom stereocenters. The first-order valence-corrected chi connectivity index (χ1v) is 7.28. The molecule has 5 nitrogen and oxygen atoms in total. The number of urea groups is 1. The summed E-state index contributed by atoms with van der Waals surface area (Å²) in [7, 11) is 0. The monoisotopic (exact) mass is 292 g/mol. The normalized spacial score (nSPS) is 12.5. The van der Waals surface area contributed by atoms with Crippen molar-refractivity contribution in [2.24, 2.45) is 5.41 Å². The zero-order valence-corrected chi connectivity index (χ0v) is 12.8. The largest absolute Gasteiger partial charge is 0.481 e. The molecule has 3 N–H and O–H groups in total. The third-order valence-electron chi connectivity index (χ3n) is 4.04. The first kappa shape index (κ1) is 17.0. The molecule has 21 heavy (non-hydrogen) atoms. The summed E-state index contributed by atoms with van der Waals surface area (Å²) in [5.74, 6) is -0.871. The lowest BCUT2D eigenvalue weighted by atomic mass is 9.82. The lowest BCUT2D eigenvalue weighted by Crippen LogP contribution is -2.46. The van der Waals surface area contributed by atoms with Crippen LogP contribution in [0.2, 0.25) is 0 Å². The average Bonchev–Trinajstić information content (AvgIpc) is 2.49. The molecule has 0 spiro atoms. The van der Waals surface area contributed by atoms with Crippen LogP contribution in [0.1, 0.15) is 45.2 Å². The minimum atomic E-state index is -0.896. The molecule has 1 rings (SSSR count). The second-order valence-electron chi connectivity index (χ2n) is 5.25. The molecule has 0 radical (unpaired) electrons. The van der Waals surface area contributed by atoms with Gasteiger partial charge in [0.2, 0.25) is 0 Å². The maximum absolute atomic E-state index is 11.9. The molecule has 1 atom stereocenters. The Labute approximate surface area is 125 Å². The number of carbonyl (C=O) groups is 2. The number of nitrogens with one attached hydrogen (secondary N) is 2. The highest BCUT2D eigenvalue weighted by Crippen LogP contribution is 2.25. The highest BCUT2D eigenvalue weighted by Gasteiger charge is 2.35. The predicted octanol–water partition coefficient (Wildman–Crippen LogP) is 2.94. The van der Waals surface area contributed by atoms with Gasteiger partial charge in [0.1, 0.15) is 0 Å². The molecule has 0 aromatic heterocycles. The Bertz CT molecular complexity index is 470. The summed E-state index contributed by atoms with van der Waals surface area (Å²) in [5.41, 5.74) is 0.107. The number of aliphatic carboxylic acids is 1. The molecule has 0 aliphatic carbocycles. The van der Waals surface area contributed by atoms with E-state index in [9.17, 15) is 14.7 Å². The first-order valence-electron chi connectivity index (χ1n) is 7.28. The smallest absolute Gasteiger partial charge is 0.315 e. The minimum Gasteiger partial charge on any atom is -0.481 e. The van der Waals surface area contributed by atoms with Crippen molar-refractivity contribution in [3.05, 3.63) is 35.9 Å². The lowest BCUT2D eigenvalue weighted by molar-refractivity contribution is -0.149. The van der Waals surface area contributed by atoms with E-state index in [2.05, 4.69) is 10.6 Å². The fourth-order valence-corrected chi connectivity index (χ4v) is 2.20. The maximum Gasteiger partial charge on any atom is 0.315 e. The van der Waals surface area contributed by atoms with Gasteiger partial charge in [-0.05, 0) is 25.3 Å². The zero-order chi connectivity index (χ0) is 15.9. The van der Waals surface area contributed by atoms with Gasteiger partial charge < -0.3 is 15.7 Å². The van der Waals surface area contributed by atoms with Gasteiger partial charge >= 0.3 is 12.0 Å². The van der Waals surface area contributed by atoms with Crippen LogP contribution in [0.4, 0.5) is 4.79 Å². The molecule has 0 bridgehead atoms. The van der Waals surface area contributed by atoms with Gasteiger partial charge in [0, 0.05) is 6.54 Å². The van der Waals surface area contributed by atoms with Gasteiger partial charge in [-0.1, -0.05) is 44.2 Å². The molecule has 1 aromatic carbocycles. The molecule has 0 aliphatic heterocycles. The van der Waals surface area contributed by atoms with Crippen LogP contribution in [0, 0.1) is 5.41 Å². The van der Waals surface area contributed by atoms with Gasteiger partial charge in [0.05, 0.1) is 11.5 Å². The molecule has 0 heterocycles. The Hall–Kier alpha value is -2.04. The van der Waals surface area contributed by atoms with Crippen LogP contribution in [-0.4, -0.2) is 23.7 Å². The fourth-order valence-electron chi connectivity index (χ4n) is 2.20. The number of hydrogen-bond donors (Lipinski definition) is 3. The first-order chi connectivity index (χ1) is 9.95. The third-order valence-corrected chi connectivity index (χ3v) is 4.04. The van der Waals surface area contributed by atoms with E-state index >= 15 is 0 Å². The zero-order valence-electron chi connectivity index (χ0n) is 12.8. The molecular formula is C16H24N2O3. The Morgan fingerprint density at radius 2 is 1.76 bits per heavy atom. The number of amides is 2. The molecule has 0 saturated heterocycles. The quantitative estimate of drug-likeness (QED) is 0.723. The van der Waals surface area contributed by atoms with Gasteiger partial charge in [-0.25, -0.2) is 4.79 Å². The highest BCUT2D eigenvalue weighted by molar-refractivity contribution is 5.78. The van der Waals surface area contributed by atoms with Gasteiger partial charge in [-0.2, -0.15) is 0 Å². The second kappa shape index (κ2) is 7.67. The number of carboxylic acids is 1. The van der Waals surface area contributed by atoms with Crippen molar-refractivity contribution in [2.45, 2.75) is 39.7 Å². The minimum absolute atomic E-state index is 0.128. The van der Waals surface area contributed by atoms with Crippen LogP contribution in [0.25, 0.3) is 0 Å². The van der Waals surface area contributed by atoms with Crippen molar-refractivity contribution < 1.29 is 14.7 Å². The lowest BCUT2D eigenvalue weighted by Gasteiger charge is -2.27. The number of benzene rings is 1. The number of carbonyl (C=O) groups excluding carboxylic acids is 1. The molecule has 116 valence electrons. The van der Waals surface area contributed by atoms with E-state index in [1.54, 1.807) is 0 Å². The second-order valence-corrected chi connectivity index (χ2v) is 5.25. The van der Waals surface area contributed by atoms with Crippen molar-refractivity contribution in [1.29, 1.82) is 0 Å². The van der Waals surface area contributed by atoms with Crippen molar-refractivity contribution in [3.63, 3.8) is 0 Å². The summed E-state index contributed by atoms with van der Waals surface area (Å²) in [6.07, 6.45) is 0.959. The Morgan fingerprint density at radius 1 is 1.19 bits per heavy atom. The SMILES string of the molecule is CCC(CC)(CNC(=O)NC(C)c1ccccc1)C(=O)O. The Balaban J connectivity index is 2.56. The van der Waals surface area contributed by atoms with Crippen LogP contribution < -0.4 is 10.6 Å². The van der Waals surface area contributed by atoms with E-state index in [1.807, 2.05) is 51.1 Å². The van der Waals surface area contributed by atoms with Gasteiger partial charge in [-0.3, -0.25) is 4.79 Å².